The minimum atomic E-state index is -1.95. The molecule has 3 N–H and O–H groups in total. The zero-order chi connectivity index (χ0) is 20.9. The van der Waals surface area contributed by atoms with Crippen molar-refractivity contribution in [3.63, 3.8) is 0 Å². The van der Waals surface area contributed by atoms with Crippen molar-refractivity contribution in [1.29, 1.82) is 0 Å². The van der Waals surface area contributed by atoms with Gasteiger partial charge in [-0.1, -0.05) is 58.3 Å². The second-order valence-electron chi connectivity index (χ2n) is 8.62. The Bertz CT molecular complexity index is 481. The zero-order valence-electron chi connectivity index (χ0n) is 17.7. The molecule has 0 radical (unpaired) electrons. The number of unbranched alkanes of at least 4 members (excludes halogenated alkanes) is 8. The molecule has 6 heteroatoms. The van der Waals surface area contributed by atoms with Crippen LogP contribution in [0.5, 0.6) is 0 Å². The van der Waals surface area contributed by atoms with Crippen molar-refractivity contribution in [2.45, 2.75) is 83.2 Å². The van der Waals surface area contributed by atoms with Crippen LogP contribution in [-0.4, -0.2) is 64.8 Å². The summed E-state index contributed by atoms with van der Waals surface area (Å²) in [7, 11) is 5.35. The van der Waals surface area contributed by atoms with Gasteiger partial charge in [0.05, 0.1) is 27.6 Å². The highest BCUT2D eigenvalue weighted by Gasteiger charge is 2.40. The molecule has 1 unspecified atom stereocenters. The Morgan fingerprint density at radius 3 is 1.81 bits per heavy atom. The Morgan fingerprint density at radius 2 is 1.37 bits per heavy atom. The van der Waals surface area contributed by atoms with Gasteiger partial charge >= 0.3 is 5.97 Å². The van der Waals surface area contributed by atoms with Gasteiger partial charge in [0.15, 0.2) is 11.4 Å². The summed E-state index contributed by atoms with van der Waals surface area (Å²) in [5.74, 6) is -2.06. The predicted octanol–water partition coefficient (Wildman–Crippen LogP) is 3.83. The normalized spacial score (nSPS) is 14.8. The third-order valence-corrected chi connectivity index (χ3v) is 4.48. The summed E-state index contributed by atoms with van der Waals surface area (Å²) >= 11 is 0. The fourth-order valence-corrected chi connectivity index (χ4v) is 3.23. The summed E-state index contributed by atoms with van der Waals surface area (Å²) in [4.78, 5) is 23.1. The van der Waals surface area contributed by atoms with E-state index in [1.165, 1.54) is 38.5 Å². The number of aliphatic carboxylic acids is 1. The number of carbonyl (C=O) groups is 2. The van der Waals surface area contributed by atoms with Gasteiger partial charge in [-0.2, -0.15) is 0 Å². The maximum Gasteiger partial charge on any atom is 0.307 e. The summed E-state index contributed by atoms with van der Waals surface area (Å²) in [5.41, 5.74) is -1.95. The van der Waals surface area contributed by atoms with Crippen LogP contribution in [0.15, 0.2) is 11.8 Å². The van der Waals surface area contributed by atoms with Crippen molar-refractivity contribution in [3.05, 3.63) is 11.8 Å². The highest BCUT2D eigenvalue weighted by atomic mass is 16.4. The third-order valence-electron chi connectivity index (χ3n) is 4.48. The van der Waals surface area contributed by atoms with Gasteiger partial charge in [-0.05, 0) is 6.42 Å². The number of ketones is 1. The molecule has 27 heavy (non-hydrogen) atoms. The lowest BCUT2D eigenvalue weighted by atomic mass is 9.94. The van der Waals surface area contributed by atoms with E-state index in [0.29, 0.717) is 6.42 Å². The van der Waals surface area contributed by atoms with Gasteiger partial charge in [-0.3, -0.25) is 9.59 Å². The van der Waals surface area contributed by atoms with Gasteiger partial charge in [-0.25, -0.2) is 0 Å². The van der Waals surface area contributed by atoms with Gasteiger partial charge in [0, 0.05) is 12.5 Å². The standard InChI is InChI=1S/C21H39NO5/c1-5-6-7-8-9-10-11-12-13-14-18(23)15-19(24)21(27,16-20(25)26)17-22(2,3)4/h15,27H,5-14,16-17H2,1-4H3,(H-,23,24,25,26)/p+1. The maximum absolute atomic E-state index is 12.1. The number of likely N-dealkylation sites (N-methyl/N-ethyl adjacent to an activating group) is 1. The Morgan fingerprint density at radius 1 is 0.889 bits per heavy atom. The van der Waals surface area contributed by atoms with Crippen molar-refractivity contribution in [2.24, 2.45) is 0 Å². The van der Waals surface area contributed by atoms with E-state index in [2.05, 4.69) is 6.92 Å². The first kappa shape index (κ1) is 25.6. The van der Waals surface area contributed by atoms with E-state index in [0.717, 1.165) is 25.3 Å². The van der Waals surface area contributed by atoms with Crippen LogP contribution >= 0.6 is 0 Å². The van der Waals surface area contributed by atoms with Gasteiger partial charge < -0.3 is 19.8 Å². The number of carboxylic acids is 1. The molecule has 0 heterocycles. The number of nitrogens with zero attached hydrogens (tertiary/aromatic N) is 1. The van der Waals surface area contributed by atoms with Crippen molar-refractivity contribution < 1.29 is 29.4 Å². The number of rotatable bonds is 16. The first-order valence-electron chi connectivity index (χ1n) is 10.2. The lowest BCUT2D eigenvalue weighted by Gasteiger charge is -2.34. The van der Waals surface area contributed by atoms with Crippen LogP contribution < -0.4 is 0 Å². The molecule has 0 bridgehead atoms. The number of quaternary nitrogens is 1. The summed E-state index contributed by atoms with van der Waals surface area (Å²) < 4.78 is 0.258. The van der Waals surface area contributed by atoms with Crippen LogP contribution in [0, 0.1) is 0 Å². The van der Waals surface area contributed by atoms with E-state index in [1.807, 2.05) is 0 Å². The Hall–Kier alpha value is -1.40. The molecular weight excluding hydrogens is 346 g/mol. The second kappa shape index (κ2) is 12.9. The number of hydrogen-bond acceptors (Lipinski definition) is 4. The Balaban J connectivity index is 4.39. The fraction of sp³-hybridized carbons (Fsp3) is 0.810. The molecule has 0 saturated heterocycles. The Labute approximate surface area is 164 Å². The zero-order valence-corrected chi connectivity index (χ0v) is 17.7. The molecule has 6 nitrogen and oxygen atoms in total. The van der Waals surface area contributed by atoms with E-state index in [1.54, 1.807) is 21.1 Å². The molecule has 0 spiro atoms. The monoisotopic (exact) mass is 386 g/mol. The predicted molar refractivity (Wildman–Crippen MR) is 108 cm³/mol. The summed E-state index contributed by atoms with van der Waals surface area (Å²) in [6.45, 7) is 2.20. The van der Waals surface area contributed by atoms with Crippen LogP contribution in [0.25, 0.3) is 0 Å². The first-order valence-corrected chi connectivity index (χ1v) is 10.2. The topological polar surface area (TPSA) is 94.8 Å². The molecular formula is C21H40NO5+. The molecule has 158 valence electrons. The van der Waals surface area contributed by atoms with Crippen LogP contribution in [0.1, 0.15) is 77.6 Å². The summed E-state index contributed by atoms with van der Waals surface area (Å²) in [6, 6.07) is 0. The molecule has 0 rings (SSSR count). The minimum Gasteiger partial charge on any atom is -0.509 e. The number of aliphatic hydroxyl groups excluding tert-OH is 1. The molecule has 0 fully saturated rings. The van der Waals surface area contributed by atoms with E-state index in [4.69, 9.17) is 5.11 Å². The minimum absolute atomic E-state index is 0.00700. The van der Waals surface area contributed by atoms with Crippen molar-refractivity contribution in [2.75, 3.05) is 27.7 Å². The smallest absolute Gasteiger partial charge is 0.307 e. The molecule has 0 amide bonds. The molecule has 0 aliphatic rings. The van der Waals surface area contributed by atoms with Crippen molar-refractivity contribution in [3.8, 4) is 0 Å². The number of carbonyl (C=O) groups excluding carboxylic acids is 1. The van der Waals surface area contributed by atoms with Gasteiger partial charge in [0.2, 0.25) is 0 Å². The van der Waals surface area contributed by atoms with E-state index in [-0.39, 0.29) is 16.8 Å². The number of hydrogen-bond donors (Lipinski definition) is 3. The SMILES string of the molecule is CCCCCCCCCCCC(=O)C=C(O)C(O)(CC(=O)O)C[N+](C)(C)C. The first-order chi connectivity index (χ1) is 12.5. The summed E-state index contributed by atoms with van der Waals surface area (Å²) in [6.07, 6.45) is 11.0. The quantitative estimate of drug-likeness (QED) is 0.162. The van der Waals surface area contributed by atoms with Crippen LogP contribution in [0.4, 0.5) is 0 Å². The average Bonchev–Trinajstić information content (AvgIpc) is 2.50. The lowest BCUT2D eigenvalue weighted by molar-refractivity contribution is -0.876. The second-order valence-corrected chi connectivity index (χ2v) is 8.62. The molecule has 1 atom stereocenters. The largest absolute Gasteiger partial charge is 0.509 e. The number of aliphatic hydroxyl groups is 2. The molecule has 0 aliphatic carbocycles. The third kappa shape index (κ3) is 13.4. The van der Waals surface area contributed by atoms with Gasteiger partial charge in [0.25, 0.3) is 0 Å². The maximum atomic E-state index is 12.1. The van der Waals surface area contributed by atoms with Gasteiger partial charge in [0.1, 0.15) is 12.3 Å². The highest BCUT2D eigenvalue weighted by Crippen LogP contribution is 2.23. The van der Waals surface area contributed by atoms with Crippen LogP contribution in [0.2, 0.25) is 0 Å². The van der Waals surface area contributed by atoms with Crippen LogP contribution in [0.3, 0.4) is 0 Å². The van der Waals surface area contributed by atoms with E-state index in [9.17, 15) is 19.8 Å². The average molecular weight is 387 g/mol. The van der Waals surface area contributed by atoms with Crippen molar-refractivity contribution in [1.82, 2.24) is 0 Å². The van der Waals surface area contributed by atoms with E-state index < -0.39 is 23.8 Å². The number of carboxylic acid groups (broad SMARTS) is 1. The highest BCUT2D eigenvalue weighted by molar-refractivity contribution is 5.90. The van der Waals surface area contributed by atoms with Gasteiger partial charge in [-0.15, -0.1) is 0 Å². The lowest BCUT2D eigenvalue weighted by Crippen LogP contribution is -2.51. The van der Waals surface area contributed by atoms with Crippen LogP contribution in [-0.2, 0) is 9.59 Å². The molecule has 0 aromatic rings. The van der Waals surface area contributed by atoms with Crippen molar-refractivity contribution >= 4 is 11.8 Å². The fourth-order valence-electron chi connectivity index (χ4n) is 3.23. The molecule has 0 aromatic carbocycles. The molecule has 0 aliphatic heterocycles. The number of allylic oxidation sites excluding steroid dienone is 1. The molecule has 0 aromatic heterocycles. The van der Waals surface area contributed by atoms with E-state index >= 15 is 0 Å². The summed E-state index contributed by atoms with van der Waals surface area (Å²) in [5, 5.41) is 29.8. The molecule has 0 saturated carbocycles. The Kier molecular flexibility index (Phi) is 12.2.